The first-order valence-electron chi connectivity index (χ1n) is 37.9. The highest BCUT2D eigenvalue weighted by Gasteiger charge is 2.22. The van der Waals surface area contributed by atoms with Crippen molar-refractivity contribution in [2.45, 2.75) is 354 Å². The number of carbonyl (C=O) groups is 3. The number of hydrogen-bond donors (Lipinski definition) is 0. The van der Waals surface area contributed by atoms with Crippen LogP contribution in [0.2, 0.25) is 0 Å². The molecule has 0 bridgehead atoms. The van der Waals surface area contributed by atoms with Crippen molar-refractivity contribution in [1.82, 2.24) is 0 Å². The molecule has 0 aliphatic carbocycles. The van der Waals surface area contributed by atoms with Crippen LogP contribution < -0.4 is 5.11 Å². The number of rotatable bonds is 70. The highest BCUT2D eigenvalue weighted by atomic mass is 16.7. The van der Waals surface area contributed by atoms with Crippen LogP contribution in [0.5, 0.6) is 0 Å². The monoisotopic (exact) mass is 1260 g/mol. The minimum absolute atomic E-state index is 0.139. The van der Waals surface area contributed by atoms with Crippen molar-refractivity contribution in [3.63, 3.8) is 0 Å². The van der Waals surface area contributed by atoms with Crippen LogP contribution in [0.3, 0.4) is 0 Å². The Bertz CT molecular complexity index is 1800. The fraction of sp³-hybridized carbons (Fsp3) is 0.765. The molecule has 0 saturated heterocycles. The predicted molar refractivity (Wildman–Crippen MR) is 384 cm³/mol. The first-order chi connectivity index (χ1) is 44.1. The molecule has 520 valence electrons. The normalized spacial score (nSPS) is 13.2. The van der Waals surface area contributed by atoms with Crippen LogP contribution in [0.25, 0.3) is 0 Å². The molecule has 9 heteroatoms. The van der Waals surface area contributed by atoms with Crippen LogP contribution in [0, 0.1) is 0 Å². The van der Waals surface area contributed by atoms with Gasteiger partial charge in [0, 0.05) is 12.8 Å². The lowest BCUT2D eigenvalue weighted by Crippen LogP contribution is -2.44. The van der Waals surface area contributed by atoms with Crippen molar-refractivity contribution >= 4 is 17.9 Å². The number of aliphatic carboxylic acids is 1. The summed E-state index contributed by atoms with van der Waals surface area (Å²) in [5, 5.41) is 11.8. The molecule has 0 aliphatic rings. The van der Waals surface area contributed by atoms with Crippen molar-refractivity contribution < 1.29 is 42.9 Å². The van der Waals surface area contributed by atoms with E-state index in [2.05, 4.69) is 111 Å². The molecule has 2 atom stereocenters. The Hall–Kier alpha value is -3.79. The molecule has 0 N–H and O–H groups in total. The second-order valence-corrected chi connectivity index (χ2v) is 26.6. The molecule has 0 saturated carbocycles. The van der Waals surface area contributed by atoms with E-state index in [1.165, 1.54) is 212 Å². The Kier molecular flexibility index (Phi) is 68.1. The highest BCUT2D eigenvalue weighted by molar-refractivity contribution is 5.70. The number of ether oxygens (including phenoxy) is 4. The fourth-order valence-electron chi connectivity index (χ4n) is 10.9. The summed E-state index contributed by atoms with van der Waals surface area (Å²) in [6.07, 6.45) is 95.3. The van der Waals surface area contributed by atoms with Gasteiger partial charge in [0.1, 0.15) is 13.2 Å². The van der Waals surface area contributed by atoms with Crippen molar-refractivity contribution in [2.75, 3.05) is 47.5 Å². The summed E-state index contributed by atoms with van der Waals surface area (Å²) >= 11 is 0. The van der Waals surface area contributed by atoms with Crippen LogP contribution in [-0.2, 0) is 33.3 Å². The number of allylic oxidation sites excluding steroid dienone is 16. The number of nitrogens with zero attached hydrogens (tertiary/aromatic N) is 1. The molecule has 2 unspecified atom stereocenters. The molecule has 0 aromatic heterocycles. The molecular weight excluding hydrogens is 1110 g/mol. The predicted octanol–water partition coefficient (Wildman–Crippen LogP) is 22.6. The van der Waals surface area contributed by atoms with E-state index in [0.717, 1.165) is 96.3 Å². The number of hydrogen-bond acceptors (Lipinski definition) is 8. The van der Waals surface area contributed by atoms with Crippen LogP contribution in [-0.4, -0.2) is 82.3 Å². The smallest absolute Gasteiger partial charge is 0.306 e. The first kappa shape index (κ1) is 86.2. The van der Waals surface area contributed by atoms with E-state index in [4.69, 9.17) is 18.9 Å². The maximum Gasteiger partial charge on any atom is 0.306 e. The lowest BCUT2D eigenvalue weighted by Gasteiger charge is -2.26. The minimum Gasteiger partial charge on any atom is -0.545 e. The van der Waals surface area contributed by atoms with E-state index in [1.54, 1.807) is 0 Å². The third-order valence-corrected chi connectivity index (χ3v) is 16.6. The van der Waals surface area contributed by atoms with Crippen LogP contribution >= 0.6 is 0 Å². The third kappa shape index (κ3) is 71.6. The Morgan fingerprint density at radius 3 is 0.944 bits per heavy atom. The van der Waals surface area contributed by atoms with Gasteiger partial charge in [-0.1, -0.05) is 349 Å². The van der Waals surface area contributed by atoms with Crippen molar-refractivity contribution in [3.8, 4) is 0 Å². The van der Waals surface area contributed by atoms with Crippen LogP contribution in [0.1, 0.15) is 341 Å². The molecule has 0 radical (unpaired) electrons. The third-order valence-electron chi connectivity index (χ3n) is 16.6. The summed E-state index contributed by atoms with van der Waals surface area (Å²) in [6.45, 7) is 4.64. The Morgan fingerprint density at radius 2 is 0.633 bits per heavy atom. The van der Waals surface area contributed by atoms with Crippen molar-refractivity contribution in [3.05, 3.63) is 97.2 Å². The van der Waals surface area contributed by atoms with Crippen LogP contribution in [0.4, 0.5) is 0 Å². The van der Waals surface area contributed by atoms with Gasteiger partial charge in [-0.05, 0) is 77.0 Å². The fourth-order valence-corrected chi connectivity index (χ4v) is 10.9. The van der Waals surface area contributed by atoms with E-state index in [1.807, 2.05) is 21.1 Å². The highest BCUT2D eigenvalue weighted by Crippen LogP contribution is 2.19. The first-order valence-corrected chi connectivity index (χ1v) is 37.9. The average Bonchev–Trinajstić information content (AvgIpc) is 3.74. The van der Waals surface area contributed by atoms with Gasteiger partial charge in [0.25, 0.3) is 0 Å². The van der Waals surface area contributed by atoms with Crippen LogP contribution in [0.15, 0.2) is 97.2 Å². The number of likely N-dealkylation sites (N-methyl/N-ethyl adjacent to an activating group) is 1. The second kappa shape index (κ2) is 71.1. The Balaban J connectivity index is 4.08. The molecule has 0 aliphatic heterocycles. The summed E-state index contributed by atoms with van der Waals surface area (Å²) in [5.41, 5.74) is 0. The number of quaternary nitrogens is 1. The van der Waals surface area contributed by atoms with Gasteiger partial charge >= 0.3 is 11.9 Å². The van der Waals surface area contributed by atoms with Crippen molar-refractivity contribution in [2.24, 2.45) is 0 Å². The topological polar surface area (TPSA) is 111 Å². The van der Waals surface area contributed by atoms with Crippen molar-refractivity contribution in [1.29, 1.82) is 0 Å². The molecule has 0 aromatic carbocycles. The number of carbonyl (C=O) groups excluding carboxylic acids is 3. The number of carboxylic acids is 1. The Morgan fingerprint density at radius 1 is 0.344 bits per heavy atom. The van der Waals surface area contributed by atoms with Gasteiger partial charge in [-0.25, -0.2) is 0 Å². The largest absolute Gasteiger partial charge is 0.545 e. The molecule has 0 fully saturated rings. The molecule has 0 amide bonds. The molecule has 90 heavy (non-hydrogen) atoms. The average molecular weight is 1260 g/mol. The van der Waals surface area contributed by atoms with Gasteiger partial charge in [-0.15, -0.1) is 0 Å². The zero-order chi connectivity index (χ0) is 65.4. The second-order valence-electron chi connectivity index (χ2n) is 26.6. The van der Waals surface area contributed by atoms with Gasteiger partial charge in [-0.2, -0.15) is 0 Å². The van der Waals surface area contributed by atoms with Gasteiger partial charge in [0.2, 0.25) is 0 Å². The van der Waals surface area contributed by atoms with Gasteiger partial charge in [0.05, 0.1) is 40.3 Å². The standard InChI is InChI=1S/C81H143NO8/c1-6-8-10-12-14-16-18-20-22-24-26-28-30-32-34-36-37-38-39-40-41-42-44-45-47-49-51-53-55-57-59-61-63-65-67-69-71-78(83)88-75-77(76-89-81(80(85)86)87-74-73-82(3,4)5)90-79(84)72-70-68-66-64-62-60-58-56-54-52-50-48-46-43-35-33-31-29-27-25-23-21-19-17-15-13-11-9-7-2/h9,11,15,17,21,23,27,29,33,35,46,48,52,54,58,60,77,81H,6-8,10,12-14,16,18-20,22,24-26,28,30-32,34,36-45,47,49-51,53,55-57,59,61-76H2,1-5H3/b11-9-,17-15-,23-21-,29-27-,35-33-,48-46-,54-52-,60-58-. The molecule has 0 aromatic rings. The summed E-state index contributed by atoms with van der Waals surface area (Å²) in [7, 11) is 5.92. The molecule has 0 spiro atoms. The van der Waals surface area contributed by atoms with Gasteiger partial charge < -0.3 is 33.3 Å². The zero-order valence-corrected chi connectivity index (χ0v) is 59.5. The van der Waals surface area contributed by atoms with E-state index < -0.39 is 24.3 Å². The van der Waals surface area contributed by atoms with E-state index in [-0.39, 0.29) is 38.6 Å². The summed E-state index contributed by atoms with van der Waals surface area (Å²) in [4.78, 5) is 37.5. The van der Waals surface area contributed by atoms with E-state index in [0.29, 0.717) is 17.4 Å². The maximum atomic E-state index is 12.9. The van der Waals surface area contributed by atoms with Gasteiger partial charge in [-0.3, -0.25) is 9.59 Å². The number of carboxylic acid groups (broad SMARTS) is 1. The lowest BCUT2D eigenvalue weighted by molar-refractivity contribution is -0.870. The molecule has 0 heterocycles. The Labute approximate surface area is 556 Å². The molecular formula is C81H143NO8. The number of esters is 2. The van der Waals surface area contributed by atoms with Gasteiger partial charge in [0.15, 0.2) is 12.4 Å². The molecule has 0 rings (SSSR count). The lowest BCUT2D eigenvalue weighted by atomic mass is 10.0. The quantitative estimate of drug-likeness (QED) is 0.0195. The maximum absolute atomic E-state index is 12.9. The zero-order valence-electron chi connectivity index (χ0n) is 59.5. The number of unbranched alkanes of at least 4 members (excludes halogenated alkanes) is 39. The van der Waals surface area contributed by atoms with E-state index in [9.17, 15) is 19.5 Å². The van der Waals surface area contributed by atoms with E-state index >= 15 is 0 Å². The summed E-state index contributed by atoms with van der Waals surface area (Å²) in [5.74, 6) is -2.31. The summed E-state index contributed by atoms with van der Waals surface area (Å²) in [6, 6.07) is 0. The SMILES string of the molecule is CC/C=C\C/C=C\C/C=C\C/C=C\C/C=C\C/C=C\C/C=C\C/C=C\CCCCCCC(=O)OC(COC(=O)CCCCCCCCCCCCCCCCCCCCCCCCCCCCCCCCCCCCCC)COC(OCC[N+](C)(C)C)C(=O)[O-]. The summed E-state index contributed by atoms with van der Waals surface area (Å²) < 4.78 is 22.8. The minimum atomic E-state index is -1.63. The molecule has 9 nitrogen and oxygen atoms in total.